The lowest BCUT2D eigenvalue weighted by Crippen LogP contribution is -2.17. The van der Waals surface area contributed by atoms with Crippen molar-refractivity contribution >= 4 is 17.3 Å². The minimum atomic E-state index is -4.85. The molecule has 1 heterocycles. The van der Waals surface area contributed by atoms with E-state index in [-0.39, 0.29) is 28.5 Å². The molecule has 0 atom stereocenters. The number of anilines is 1. The van der Waals surface area contributed by atoms with Gasteiger partial charge >= 0.3 is 6.36 Å². The van der Waals surface area contributed by atoms with Gasteiger partial charge in [-0.15, -0.1) is 13.2 Å². The van der Waals surface area contributed by atoms with Gasteiger partial charge < -0.3 is 25.9 Å². The Hall–Kier alpha value is -4.27. The number of halogens is 3. The van der Waals surface area contributed by atoms with Crippen molar-refractivity contribution in [3.8, 4) is 28.4 Å². The maximum atomic E-state index is 12.8. The maximum absolute atomic E-state index is 12.8. The van der Waals surface area contributed by atoms with Gasteiger partial charge in [0.25, 0.3) is 5.91 Å². The number of rotatable bonds is 4. The van der Waals surface area contributed by atoms with Crippen molar-refractivity contribution in [2.24, 2.45) is 5.73 Å². The summed E-state index contributed by atoms with van der Waals surface area (Å²) < 4.78 is 47.2. The topological polar surface area (TPSA) is 97.4 Å². The zero-order chi connectivity index (χ0) is 22.9. The average molecular weight is 439 g/mol. The number of fused-ring (bicyclic) bond motifs is 2. The van der Waals surface area contributed by atoms with Gasteiger partial charge in [0.05, 0.1) is 17.0 Å². The number of hydrogen-bond acceptors (Lipinski definition) is 5. The van der Waals surface area contributed by atoms with Crippen molar-refractivity contribution in [2.75, 3.05) is 5.32 Å². The molecule has 32 heavy (non-hydrogen) atoms. The fourth-order valence-corrected chi connectivity index (χ4v) is 3.24. The third-order valence-corrected chi connectivity index (χ3v) is 4.65. The van der Waals surface area contributed by atoms with E-state index < -0.39 is 18.0 Å². The molecule has 1 amide bonds. The summed E-state index contributed by atoms with van der Waals surface area (Å²) in [5, 5.41) is 10.6. The highest BCUT2D eigenvalue weighted by molar-refractivity contribution is 6.09. The zero-order valence-electron chi connectivity index (χ0n) is 16.4. The highest BCUT2D eigenvalue weighted by Gasteiger charge is 2.32. The number of benzene rings is 3. The molecule has 0 saturated heterocycles. The summed E-state index contributed by atoms with van der Waals surface area (Å²) in [4.78, 5) is 12.8. The molecule has 9 heteroatoms. The molecule has 0 spiro atoms. The van der Waals surface area contributed by atoms with Gasteiger partial charge in [0.2, 0.25) is 0 Å². The fraction of sp³-hybridized carbons (Fsp3) is 0.0435. The predicted octanol–water partition coefficient (Wildman–Crippen LogP) is 5.45. The van der Waals surface area contributed by atoms with Crippen LogP contribution in [-0.4, -0.2) is 18.0 Å². The van der Waals surface area contributed by atoms with E-state index in [1.54, 1.807) is 36.4 Å². The molecule has 4 rings (SSSR count). The van der Waals surface area contributed by atoms with Crippen LogP contribution in [0.1, 0.15) is 15.9 Å². The van der Waals surface area contributed by atoms with Crippen LogP contribution in [0, 0.1) is 5.41 Å². The molecule has 0 radical (unpaired) electrons. The van der Waals surface area contributed by atoms with Gasteiger partial charge in [-0.05, 0) is 53.7 Å². The number of carbonyl (C=O) groups is 1. The molecule has 0 aliphatic carbocycles. The van der Waals surface area contributed by atoms with Gasteiger partial charge in [-0.3, -0.25) is 4.79 Å². The smallest absolute Gasteiger partial charge is 0.454 e. The first-order valence-electron chi connectivity index (χ1n) is 9.34. The first-order valence-corrected chi connectivity index (χ1v) is 9.34. The van der Waals surface area contributed by atoms with Crippen LogP contribution in [0.15, 0.2) is 72.9 Å². The maximum Gasteiger partial charge on any atom is 0.573 e. The Balaban J connectivity index is 1.67. The standard InChI is InChI=1S/C23H16F3N3O3/c24-23(25,26)32-16-5-7-21-19(12-16)29-22(30)17-11-14(4-6-20(17)31-21)13-2-1-3-15(10-13)18(28)8-9-27/h1-12,28H,27H2,(H,29,30). The zero-order valence-corrected chi connectivity index (χ0v) is 16.4. The van der Waals surface area contributed by atoms with E-state index in [1.165, 1.54) is 18.3 Å². The molecule has 162 valence electrons. The van der Waals surface area contributed by atoms with Crippen LogP contribution in [0.25, 0.3) is 11.1 Å². The summed E-state index contributed by atoms with van der Waals surface area (Å²) in [7, 11) is 0. The Morgan fingerprint density at radius 2 is 1.78 bits per heavy atom. The third kappa shape index (κ3) is 4.41. The lowest BCUT2D eigenvalue weighted by Gasteiger charge is -2.12. The van der Waals surface area contributed by atoms with E-state index in [4.69, 9.17) is 15.9 Å². The van der Waals surface area contributed by atoms with Gasteiger partial charge in [-0.25, -0.2) is 0 Å². The summed E-state index contributed by atoms with van der Waals surface area (Å²) in [6.07, 6.45) is -2.11. The number of amides is 1. The highest BCUT2D eigenvalue weighted by Crippen LogP contribution is 2.40. The Bertz CT molecular complexity index is 1250. The number of alkyl halides is 3. The summed E-state index contributed by atoms with van der Waals surface area (Å²) in [6.45, 7) is 0. The molecule has 1 aliphatic rings. The van der Waals surface area contributed by atoms with Gasteiger partial charge in [0.1, 0.15) is 11.5 Å². The Morgan fingerprint density at radius 3 is 2.53 bits per heavy atom. The number of nitrogens with one attached hydrogen (secondary N) is 2. The molecule has 0 fully saturated rings. The largest absolute Gasteiger partial charge is 0.573 e. The van der Waals surface area contributed by atoms with Gasteiger partial charge in [0, 0.05) is 11.6 Å². The summed E-state index contributed by atoms with van der Waals surface area (Å²) in [6, 6.07) is 15.6. The molecule has 4 N–H and O–H groups in total. The minimum absolute atomic E-state index is 0.0542. The Kier molecular flexibility index (Phi) is 5.31. The fourth-order valence-electron chi connectivity index (χ4n) is 3.24. The summed E-state index contributed by atoms with van der Waals surface area (Å²) in [5.74, 6) is -0.579. The van der Waals surface area contributed by atoms with E-state index in [0.29, 0.717) is 11.1 Å². The molecular weight excluding hydrogens is 423 g/mol. The van der Waals surface area contributed by atoms with E-state index in [1.807, 2.05) is 6.07 Å². The van der Waals surface area contributed by atoms with Crippen molar-refractivity contribution in [3.63, 3.8) is 0 Å². The van der Waals surface area contributed by atoms with Crippen LogP contribution < -0.4 is 20.5 Å². The second-order valence-corrected chi connectivity index (χ2v) is 6.83. The Labute approximate surface area is 180 Å². The molecule has 3 aromatic carbocycles. The van der Waals surface area contributed by atoms with Gasteiger partial charge in [-0.1, -0.05) is 24.3 Å². The number of carbonyl (C=O) groups excluding carboxylic acids is 1. The average Bonchev–Trinajstić information content (AvgIpc) is 2.88. The number of ether oxygens (including phenoxy) is 2. The van der Waals surface area contributed by atoms with Crippen molar-refractivity contribution in [3.05, 3.63) is 84.1 Å². The van der Waals surface area contributed by atoms with Crippen LogP contribution in [0.5, 0.6) is 17.2 Å². The predicted molar refractivity (Wildman–Crippen MR) is 113 cm³/mol. The highest BCUT2D eigenvalue weighted by atomic mass is 19.4. The first kappa shape index (κ1) is 21.0. The summed E-state index contributed by atoms with van der Waals surface area (Å²) in [5.41, 5.74) is 7.95. The third-order valence-electron chi connectivity index (χ3n) is 4.65. The molecule has 0 saturated carbocycles. The minimum Gasteiger partial charge on any atom is -0.454 e. The molecule has 1 aliphatic heterocycles. The monoisotopic (exact) mass is 439 g/mol. The Morgan fingerprint density at radius 1 is 1.03 bits per heavy atom. The molecule has 3 aromatic rings. The molecule has 0 bridgehead atoms. The van der Waals surface area contributed by atoms with Crippen molar-refractivity contribution in [1.82, 2.24) is 0 Å². The first-order chi connectivity index (χ1) is 15.2. The van der Waals surface area contributed by atoms with Crippen LogP contribution >= 0.6 is 0 Å². The quantitative estimate of drug-likeness (QED) is 0.471. The van der Waals surface area contributed by atoms with E-state index in [0.717, 1.165) is 17.7 Å². The second-order valence-electron chi connectivity index (χ2n) is 6.83. The molecule has 6 nitrogen and oxygen atoms in total. The lowest BCUT2D eigenvalue weighted by molar-refractivity contribution is -0.274. The SMILES string of the molecule is N=C(C=CN)c1cccc(-c2ccc3c(c2)C(=O)Nc2cc(OC(F)(F)F)ccc2O3)c1. The van der Waals surface area contributed by atoms with E-state index in [9.17, 15) is 18.0 Å². The summed E-state index contributed by atoms with van der Waals surface area (Å²) >= 11 is 0. The number of nitrogens with two attached hydrogens (primary N) is 1. The van der Waals surface area contributed by atoms with Crippen LogP contribution in [0.3, 0.4) is 0 Å². The van der Waals surface area contributed by atoms with E-state index >= 15 is 0 Å². The van der Waals surface area contributed by atoms with Crippen LogP contribution in [0.4, 0.5) is 18.9 Å². The second kappa shape index (κ2) is 8.10. The number of allylic oxidation sites excluding steroid dienone is 1. The normalized spacial score (nSPS) is 12.9. The number of hydrogen-bond donors (Lipinski definition) is 3. The van der Waals surface area contributed by atoms with Crippen LogP contribution in [0.2, 0.25) is 0 Å². The molecule has 0 unspecified atom stereocenters. The van der Waals surface area contributed by atoms with Crippen molar-refractivity contribution in [2.45, 2.75) is 6.36 Å². The van der Waals surface area contributed by atoms with E-state index in [2.05, 4.69) is 10.1 Å². The van der Waals surface area contributed by atoms with Crippen molar-refractivity contribution < 1.29 is 27.4 Å². The molecule has 0 aromatic heterocycles. The molecular formula is C23H16F3N3O3. The van der Waals surface area contributed by atoms with Gasteiger partial charge in [-0.2, -0.15) is 0 Å². The lowest BCUT2D eigenvalue weighted by atomic mass is 9.98. The van der Waals surface area contributed by atoms with Crippen molar-refractivity contribution in [1.29, 1.82) is 5.41 Å². The van der Waals surface area contributed by atoms with Crippen LogP contribution in [-0.2, 0) is 0 Å². The van der Waals surface area contributed by atoms with Gasteiger partial charge in [0.15, 0.2) is 5.75 Å².